The molecule has 1 fully saturated rings. The van der Waals surface area contributed by atoms with Gasteiger partial charge in [0.2, 0.25) is 0 Å². The molecular weight excluding hydrogens is 418 g/mol. The molecule has 0 saturated carbocycles. The van der Waals surface area contributed by atoms with Crippen molar-refractivity contribution in [3.8, 4) is 0 Å². The number of aryl methyl sites for hydroxylation is 2. The molecule has 0 unspecified atom stereocenters. The largest absolute Gasteiger partial charge is 0.376 e. The molecule has 0 radical (unpaired) electrons. The summed E-state index contributed by atoms with van der Waals surface area (Å²) in [6, 6.07) is 16.5. The van der Waals surface area contributed by atoms with Crippen molar-refractivity contribution in [2.75, 3.05) is 13.2 Å². The minimum Gasteiger partial charge on any atom is -0.376 e. The molecule has 4 rings (SSSR count). The molecule has 5 nitrogen and oxygen atoms in total. The zero-order valence-electron chi connectivity index (χ0n) is 19.0. The third kappa shape index (κ3) is 5.19. The summed E-state index contributed by atoms with van der Waals surface area (Å²) in [5.41, 5.74) is 4.97. The third-order valence-corrected chi connectivity index (χ3v) is 6.50. The lowest BCUT2D eigenvalue weighted by molar-refractivity contribution is 0.0895. The van der Waals surface area contributed by atoms with E-state index in [0.29, 0.717) is 23.8 Å². The normalized spacial score (nSPS) is 16.8. The van der Waals surface area contributed by atoms with Gasteiger partial charge in [-0.15, -0.1) is 0 Å². The van der Waals surface area contributed by atoms with Crippen molar-refractivity contribution >= 4 is 28.2 Å². The van der Waals surface area contributed by atoms with Crippen LogP contribution in [0, 0.1) is 13.8 Å². The standard InChI is InChI=1S/C26H31N3O2S/c1-17-12-18(2)23-14-21(25(30)28-24(23)13-17)15-29(16-22-10-7-11-31-22)26(32)27-19(3)20-8-5-4-6-9-20/h4-6,8-9,12-14,19,22H,7,10-11,15-16H2,1-3H3,(H,27,32)(H,28,30)/t19-,22-/m1/s1. The van der Waals surface area contributed by atoms with E-state index < -0.39 is 0 Å². The number of pyridine rings is 1. The van der Waals surface area contributed by atoms with Crippen molar-refractivity contribution in [1.82, 2.24) is 15.2 Å². The molecule has 1 aliphatic rings. The molecule has 0 aliphatic carbocycles. The SMILES string of the molecule is Cc1cc(C)c2cc(CN(C[C@H]3CCCO3)C(=S)N[C@H](C)c3ccccc3)c(=O)[nH]c2c1. The summed E-state index contributed by atoms with van der Waals surface area (Å²) in [4.78, 5) is 18.1. The molecule has 0 bridgehead atoms. The first kappa shape index (κ1) is 22.5. The van der Waals surface area contributed by atoms with Gasteiger partial charge in [0, 0.05) is 29.6 Å². The van der Waals surface area contributed by atoms with Crippen molar-refractivity contribution in [2.45, 2.75) is 52.3 Å². The maximum Gasteiger partial charge on any atom is 0.253 e. The number of hydrogen-bond donors (Lipinski definition) is 2. The van der Waals surface area contributed by atoms with E-state index in [1.54, 1.807) is 0 Å². The van der Waals surface area contributed by atoms with E-state index in [1.165, 1.54) is 5.56 Å². The van der Waals surface area contributed by atoms with Crippen LogP contribution in [0.4, 0.5) is 0 Å². The summed E-state index contributed by atoms with van der Waals surface area (Å²) in [6.07, 6.45) is 2.21. The van der Waals surface area contributed by atoms with Gasteiger partial charge in [-0.1, -0.05) is 36.4 Å². The number of aromatic amines is 1. The van der Waals surface area contributed by atoms with E-state index in [0.717, 1.165) is 41.5 Å². The topological polar surface area (TPSA) is 57.4 Å². The predicted octanol–water partition coefficient (Wildman–Crippen LogP) is 4.76. The van der Waals surface area contributed by atoms with Gasteiger partial charge in [-0.3, -0.25) is 4.79 Å². The molecule has 168 valence electrons. The molecule has 0 spiro atoms. The van der Waals surface area contributed by atoms with E-state index in [4.69, 9.17) is 17.0 Å². The van der Waals surface area contributed by atoms with Gasteiger partial charge in [-0.25, -0.2) is 0 Å². The summed E-state index contributed by atoms with van der Waals surface area (Å²) in [7, 11) is 0. The van der Waals surface area contributed by atoms with Crippen LogP contribution in [0.3, 0.4) is 0 Å². The molecular formula is C26H31N3O2S. The van der Waals surface area contributed by atoms with Gasteiger partial charge in [-0.2, -0.15) is 0 Å². The minimum atomic E-state index is -0.0706. The number of hydrogen-bond acceptors (Lipinski definition) is 3. The van der Waals surface area contributed by atoms with Crippen LogP contribution in [0.25, 0.3) is 10.9 Å². The van der Waals surface area contributed by atoms with Crippen LogP contribution >= 0.6 is 12.2 Å². The Morgan fingerprint density at radius 2 is 2.03 bits per heavy atom. The minimum absolute atomic E-state index is 0.0656. The quantitative estimate of drug-likeness (QED) is 0.532. The highest BCUT2D eigenvalue weighted by Crippen LogP contribution is 2.21. The summed E-state index contributed by atoms with van der Waals surface area (Å²) in [5, 5.41) is 5.16. The number of rotatable bonds is 6. The molecule has 2 N–H and O–H groups in total. The summed E-state index contributed by atoms with van der Waals surface area (Å²) in [6.45, 7) is 8.10. The van der Waals surface area contributed by atoms with Crippen LogP contribution < -0.4 is 10.9 Å². The second-order valence-electron chi connectivity index (χ2n) is 8.76. The van der Waals surface area contributed by atoms with Gasteiger partial charge >= 0.3 is 0 Å². The Labute approximate surface area is 194 Å². The lowest BCUT2D eigenvalue weighted by Crippen LogP contribution is -2.44. The zero-order valence-corrected chi connectivity index (χ0v) is 19.8. The highest BCUT2D eigenvalue weighted by molar-refractivity contribution is 7.80. The van der Waals surface area contributed by atoms with Gasteiger partial charge in [0.15, 0.2) is 5.11 Å². The fraction of sp³-hybridized carbons (Fsp3) is 0.385. The Balaban J connectivity index is 1.59. The maximum atomic E-state index is 12.9. The van der Waals surface area contributed by atoms with E-state index in [1.807, 2.05) is 37.3 Å². The van der Waals surface area contributed by atoms with Crippen molar-refractivity contribution in [1.29, 1.82) is 0 Å². The smallest absolute Gasteiger partial charge is 0.253 e. The predicted molar refractivity (Wildman–Crippen MR) is 134 cm³/mol. The van der Waals surface area contributed by atoms with E-state index in [9.17, 15) is 4.79 Å². The first-order valence-electron chi connectivity index (χ1n) is 11.3. The van der Waals surface area contributed by atoms with Crippen LogP contribution in [0.5, 0.6) is 0 Å². The Hall–Kier alpha value is -2.70. The second-order valence-corrected chi connectivity index (χ2v) is 9.15. The molecule has 6 heteroatoms. The van der Waals surface area contributed by atoms with Crippen molar-refractivity contribution in [3.05, 3.63) is 81.1 Å². The molecule has 2 atom stereocenters. The van der Waals surface area contributed by atoms with E-state index >= 15 is 0 Å². The van der Waals surface area contributed by atoms with Crippen molar-refractivity contribution < 1.29 is 4.74 Å². The monoisotopic (exact) mass is 449 g/mol. The van der Waals surface area contributed by atoms with Crippen LogP contribution in [-0.2, 0) is 11.3 Å². The fourth-order valence-corrected chi connectivity index (χ4v) is 4.71. The lowest BCUT2D eigenvalue weighted by atomic mass is 10.0. The van der Waals surface area contributed by atoms with Crippen LogP contribution in [0.2, 0.25) is 0 Å². The number of aromatic nitrogens is 1. The second kappa shape index (κ2) is 9.84. The van der Waals surface area contributed by atoms with Crippen LogP contribution in [0.1, 0.15) is 48.1 Å². The van der Waals surface area contributed by atoms with Gasteiger partial charge in [0.25, 0.3) is 5.56 Å². The van der Waals surface area contributed by atoms with Gasteiger partial charge in [0.1, 0.15) is 0 Å². The summed E-state index contributed by atoms with van der Waals surface area (Å²) in [5.74, 6) is 0. The molecule has 1 saturated heterocycles. The summed E-state index contributed by atoms with van der Waals surface area (Å²) < 4.78 is 5.88. The summed E-state index contributed by atoms with van der Waals surface area (Å²) >= 11 is 5.81. The fourth-order valence-electron chi connectivity index (χ4n) is 4.39. The molecule has 2 aromatic carbocycles. The average molecular weight is 450 g/mol. The Kier molecular flexibility index (Phi) is 6.92. The van der Waals surface area contributed by atoms with Crippen molar-refractivity contribution in [2.24, 2.45) is 0 Å². The molecule has 0 amide bonds. The molecule has 1 aliphatic heterocycles. The Morgan fingerprint density at radius 1 is 1.25 bits per heavy atom. The number of benzene rings is 2. The number of thiocarbonyl (C=S) groups is 1. The van der Waals surface area contributed by atoms with Gasteiger partial charge in [-0.05, 0) is 74.7 Å². The Morgan fingerprint density at radius 3 is 2.75 bits per heavy atom. The van der Waals surface area contributed by atoms with Crippen LogP contribution in [0.15, 0.2) is 53.3 Å². The number of H-pyrrole nitrogens is 1. The molecule has 2 heterocycles. The number of nitrogens with zero attached hydrogens (tertiary/aromatic N) is 1. The Bertz CT molecular complexity index is 1150. The van der Waals surface area contributed by atoms with Crippen LogP contribution in [-0.4, -0.2) is 34.3 Å². The maximum absolute atomic E-state index is 12.9. The lowest BCUT2D eigenvalue weighted by Gasteiger charge is -2.30. The first-order valence-corrected chi connectivity index (χ1v) is 11.7. The van der Waals surface area contributed by atoms with Crippen molar-refractivity contribution in [3.63, 3.8) is 0 Å². The number of fused-ring (bicyclic) bond motifs is 1. The molecule has 3 aromatic rings. The van der Waals surface area contributed by atoms with E-state index in [-0.39, 0.29) is 17.7 Å². The molecule has 32 heavy (non-hydrogen) atoms. The highest BCUT2D eigenvalue weighted by Gasteiger charge is 2.23. The van der Waals surface area contributed by atoms with Gasteiger partial charge in [0.05, 0.1) is 18.7 Å². The number of nitrogens with one attached hydrogen (secondary N) is 2. The average Bonchev–Trinajstić information content (AvgIpc) is 3.27. The molecule has 1 aromatic heterocycles. The zero-order chi connectivity index (χ0) is 22.7. The van der Waals surface area contributed by atoms with E-state index in [2.05, 4.69) is 47.2 Å². The first-order chi connectivity index (χ1) is 15.4. The van der Waals surface area contributed by atoms with Gasteiger partial charge < -0.3 is 19.9 Å². The number of ether oxygens (including phenoxy) is 1. The third-order valence-electron chi connectivity index (χ3n) is 6.13. The highest BCUT2D eigenvalue weighted by atomic mass is 32.1.